The van der Waals surface area contributed by atoms with E-state index in [1.807, 2.05) is 114 Å². The summed E-state index contributed by atoms with van der Waals surface area (Å²) in [5.74, 6) is -1.44. The van der Waals surface area contributed by atoms with Gasteiger partial charge in [-0.1, -0.05) is 121 Å². The summed E-state index contributed by atoms with van der Waals surface area (Å²) in [6.45, 7) is 37.0. The van der Waals surface area contributed by atoms with Crippen LogP contribution in [0.3, 0.4) is 0 Å². The third kappa shape index (κ3) is 33.0. The Morgan fingerprint density at radius 1 is 0.382 bits per heavy atom. The van der Waals surface area contributed by atoms with Gasteiger partial charge in [0.15, 0.2) is 24.4 Å². The first-order chi connectivity index (χ1) is 63.3. The van der Waals surface area contributed by atoms with Crippen LogP contribution in [0.1, 0.15) is 315 Å². The first-order valence-corrected chi connectivity index (χ1v) is 52.2. The number of benzene rings is 5. The van der Waals surface area contributed by atoms with Crippen molar-refractivity contribution in [2.45, 2.75) is 351 Å². The van der Waals surface area contributed by atoms with Crippen LogP contribution >= 0.6 is 31.9 Å². The highest BCUT2D eigenvalue weighted by atomic mass is 79.9. The van der Waals surface area contributed by atoms with Gasteiger partial charge in [-0.2, -0.15) is 0 Å². The zero-order valence-corrected chi connectivity index (χ0v) is 89.3. The Labute approximate surface area is 822 Å². The molecule has 5 aromatic carbocycles. The zero-order chi connectivity index (χ0) is 102. The van der Waals surface area contributed by atoms with Crippen molar-refractivity contribution in [3.63, 3.8) is 0 Å². The number of nitrogens with two attached hydrogens (primary N) is 2. The van der Waals surface area contributed by atoms with Crippen LogP contribution in [-0.2, 0) is 83.5 Å². The van der Waals surface area contributed by atoms with Crippen LogP contribution in [-0.4, -0.2) is 159 Å². The van der Waals surface area contributed by atoms with E-state index in [1.54, 1.807) is 48.5 Å². The average molecular weight is 2070 g/mol. The first-order valence-electron chi connectivity index (χ1n) is 46.8. The number of hydrogen-bond acceptors (Lipinski definition) is 23. The van der Waals surface area contributed by atoms with Gasteiger partial charge < -0.3 is 96.6 Å². The lowest BCUT2D eigenvalue weighted by Gasteiger charge is -2.32. The third-order valence-corrected chi connectivity index (χ3v) is 27.2. The molecule has 4 fully saturated rings. The van der Waals surface area contributed by atoms with E-state index in [0.29, 0.717) is 111 Å². The van der Waals surface area contributed by atoms with Crippen molar-refractivity contribution in [2.75, 3.05) is 89.7 Å². The van der Waals surface area contributed by atoms with Crippen molar-refractivity contribution < 1.29 is 97.8 Å². The van der Waals surface area contributed by atoms with Gasteiger partial charge in [0.2, 0.25) is 20.0 Å². The molecule has 14 N–H and O–H groups in total. The number of nitrogens with one attached hydrogen (secondary N) is 10. The second-order valence-electron chi connectivity index (χ2n) is 39.8. The number of amides is 8. The van der Waals surface area contributed by atoms with Crippen molar-refractivity contribution in [3.8, 4) is 16.9 Å². The Morgan fingerprint density at radius 2 is 0.691 bits per heavy atom. The Balaban J connectivity index is 0.000000250. The van der Waals surface area contributed by atoms with Crippen LogP contribution in [0.2, 0.25) is 0 Å². The highest BCUT2D eigenvalue weighted by molar-refractivity contribution is 9.11. The molecule has 0 saturated heterocycles. The van der Waals surface area contributed by atoms with E-state index in [9.17, 15) is 55.2 Å². The van der Waals surface area contributed by atoms with Gasteiger partial charge in [0, 0.05) is 49.8 Å². The Morgan fingerprint density at radius 3 is 1.05 bits per heavy atom. The largest absolute Gasteiger partial charge is 0.493 e. The molecular formula is C99H150Br2N12O21S2. The molecule has 33 nitrogen and oxygen atoms in total. The summed E-state index contributed by atoms with van der Waals surface area (Å²) in [5, 5.41) is 23.7. The summed E-state index contributed by atoms with van der Waals surface area (Å²) < 4.78 is 106. The number of esters is 4. The zero-order valence-electron chi connectivity index (χ0n) is 84.5. The maximum absolute atomic E-state index is 13.4. The normalized spacial score (nSPS) is 16.2. The fraction of sp³-hybridized carbons (Fsp3) is 0.616. The topological polar surface area (TPSA) is 460 Å². The van der Waals surface area contributed by atoms with Crippen LogP contribution in [0.25, 0.3) is 11.1 Å². The minimum absolute atomic E-state index is 0.0461. The molecular weight excluding hydrogens is 1920 g/mol. The predicted molar refractivity (Wildman–Crippen MR) is 543 cm³/mol. The van der Waals surface area contributed by atoms with Crippen LogP contribution < -0.4 is 68.2 Å². The molecule has 1 heterocycles. The lowest BCUT2D eigenvalue weighted by atomic mass is 9.85. The number of urea groups is 4. The molecule has 0 radical (unpaired) electrons. The summed E-state index contributed by atoms with van der Waals surface area (Å²) in [6, 6.07) is 6.83. The highest BCUT2D eigenvalue weighted by Gasteiger charge is 2.41. The summed E-state index contributed by atoms with van der Waals surface area (Å²) >= 11 is 7.15. The smallest absolute Gasteiger partial charge is 0.339 e. The second-order valence-corrected chi connectivity index (χ2v) is 44.9. The van der Waals surface area contributed by atoms with Gasteiger partial charge in [0.05, 0.1) is 115 Å². The SMILES string of the molecule is COC(=O)C(OC(C)(C)C)c1c(C)c(N)c(NC(=O)NC2CCCCC2)c(C)c1Br.COC(=O)C(OC(C)(C)C)c1c(C)c(NS(C)(=O)=O)c(NC(=O)NC2CCCCC2)c(C)c1-c1ccc2c(c1)CCCO2.COC(=O)C(OC(C)(C)C)c1c(C)c(NS(C)(=O)=O)c(NC(=O)NC2CCCCC2)c(C)c1Br.COC(=O)C(OC(C)(C)C)c1cc(C)c(NC(=O)NC2CCCCC2)c(N)c1C. The monoisotopic (exact) mass is 2060 g/mol. The number of carbonyl (C=O) groups is 8. The van der Waals surface area contributed by atoms with Crippen molar-refractivity contribution in [1.29, 1.82) is 0 Å². The Hall–Kier alpha value is -9.24. The van der Waals surface area contributed by atoms with Crippen molar-refractivity contribution in [2.24, 2.45) is 0 Å². The molecule has 8 amide bonds. The van der Waals surface area contributed by atoms with Gasteiger partial charge in [0.25, 0.3) is 0 Å². The number of halogens is 2. The van der Waals surface area contributed by atoms with E-state index in [2.05, 4.69) is 83.8 Å². The molecule has 4 unspecified atom stereocenters. The number of hydrogen-bond donors (Lipinski definition) is 12. The van der Waals surface area contributed by atoms with E-state index in [4.69, 9.17) is 54.1 Å². The second kappa shape index (κ2) is 49.5. The number of anilines is 8. The van der Waals surface area contributed by atoms with Gasteiger partial charge in [-0.15, -0.1) is 0 Å². The maximum Gasteiger partial charge on any atom is 0.339 e. The molecule has 37 heteroatoms. The molecule has 0 bridgehead atoms. The molecule has 1 aliphatic heterocycles. The third-order valence-electron chi connectivity index (χ3n) is 24.0. The van der Waals surface area contributed by atoms with Crippen molar-refractivity contribution in [3.05, 3.63) is 106 Å². The maximum atomic E-state index is 13.4. The molecule has 136 heavy (non-hydrogen) atoms. The van der Waals surface area contributed by atoms with Crippen molar-refractivity contribution in [1.82, 2.24) is 21.3 Å². The molecule has 0 aromatic heterocycles. The molecule has 4 atom stereocenters. The standard InChI is InChI=1S/C32H45N3O7S.C23H36BrN3O6S.C22H34BrN3O4.C22H35N3O4/c1-19-25(22-15-16-24-21(18-22)12-11-17-41-24)26(29(30(36)40-6)42-32(3,4)5)20(2)28(35-43(7,38)39)27(19)34-31(37)33-23-13-9-8-10-14-23;1-13-16(20(21(28)32-6)33-23(3,4)5)17(24)14(2)18(19(13)27-34(7,30)31)26-22(29)25-15-11-9-8-10-12-15;1-12-15(19(20(27)29-6)30-22(3,4)5)16(23)13(2)18(17(12)24)26-21(28)25-14-10-8-7-9-11-14;1-13-12-16(19(20(26)28-6)29-22(3,4)5)14(2)17(23)18(13)25-21(27)24-15-10-8-7-9-11-15/h15-16,18,23,29,35H,8-14,17H2,1-7H3,(H2,33,34,37);15,20,27H,8-12H2,1-7H3,(H2,25,26,29);14,19H,7-11,24H2,1-6H3,(H2,25,26,28);12,15,19H,7-11,23H2,1-6H3,(H2,24,25,27). The minimum atomic E-state index is -3.79. The molecule has 0 spiro atoms. The summed E-state index contributed by atoms with van der Waals surface area (Å²) in [5.41, 5.74) is 22.4. The summed E-state index contributed by atoms with van der Waals surface area (Å²) in [7, 11) is -2.29. The number of aryl methyl sites for hydroxylation is 2. The minimum Gasteiger partial charge on any atom is -0.493 e. The van der Waals surface area contributed by atoms with Gasteiger partial charge >= 0.3 is 48.0 Å². The fourth-order valence-electron chi connectivity index (χ4n) is 17.5. The first kappa shape index (κ1) is 114. The summed E-state index contributed by atoms with van der Waals surface area (Å²) in [6.07, 6.45) is 20.8. The number of sulfonamides is 2. The fourth-order valence-corrected chi connectivity index (χ4v) is 20.1. The van der Waals surface area contributed by atoms with Crippen LogP contribution in [0, 0.1) is 55.4 Å². The molecule has 4 aliphatic carbocycles. The number of methoxy groups -OCH3 is 4. The van der Waals surface area contributed by atoms with E-state index < -0.39 is 103 Å². The molecule has 10 rings (SSSR count). The lowest BCUT2D eigenvalue weighted by molar-refractivity contribution is -0.164. The van der Waals surface area contributed by atoms with E-state index in [-0.39, 0.29) is 47.6 Å². The Kier molecular flexibility index (Phi) is 41.4. The lowest BCUT2D eigenvalue weighted by Crippen LogP contribution is -2.39. The molecule has 5 aliphatic rings. The van der Waals surface area contributed by atoms with Gasteiger partial charge in [-0.25, -0.2) is 55.2 Å². The van der Waals surface area contributed by atoms with Gasteiger partial charge in [-0.05, 0) is 282 Å². The number of rotatable bonds is 25. The van der Waals surface area contributed by atoms with E-state index in [1.165, 1.54) is 41.3 Å². The van der Waals surface area contributed by atoms with Gasteiger partial charge in [0.1, 0.15) is 5.75 Å². The predicted octanol–water partition coefficient (Wildman–Crippen LogP) is 20.6. The van der Waals surface area contributed by atoms with Crippen LogP contribution in [0.4, 0.5) is 64.7 Å². The van der Waals surface area contributed by atoms with E-state index in [0.717, 1.165) is 169 Å². The van der Waals surface area contributed by atoms with Crippen LogP contribution in [0.5, 0.6) is 5.75 Å². The highest BCUT2D eigenvalue weighted by Crippen LogP contribution is 2.50. The summed E-state index contributed by atoms with van der Waals surface area (Å²) in [4.78, 5) is 102. The number of ether oxygens (including phenoxy) is 9. The number of fused-ring (bicyclic) bond motifs is 1. The van der Waals surface area contributed by atoms with E-state index >= 15 is 0 Å². The van der Waals surface area contributed by atoms with Crippen molar-refractivity contribution >= 4 is 145 Å². The molecule has 5 aromatic rings. The number of nitrogen functional groups attached to an aromatic ring is 2. The van der Waals surface area contributed by atoms with Gasteiger partial charge in [-0.3, -0.25) is 9.44 Å². The molecule has 758 valence electrons. The quantitative estimate of drug-likeness (QED) is 0.0147. The average Bonchev–Trinajstić information content (AvgIpc) is 0.738. The Bertz CT molecular complexity index is 5300. The molecule has 4 saturated carbocycles. The van der Waals surface area contributed by atoms with Crippen LogP contribution in [0.15, 0.2) is 33.2 Å². The number of carbonyl (C=O) groups excluding carboxylic acids is 8.